The molecule has 3 fully saturated rings. The van der Waals surface area contributed by atoms with Crippen LogP contribution in [0.1, 0.15) is 116 Å². The number of carboxylic acids is 1. The van der Waals surface area contributed by atoms with Gasteiger partial charge in [-0.2, -0.15) is 0 Å². The summed E-state index contributed by atoms with van der Waals surface area (Å²) in [7, 11) is 4.15. The average molecular weight is 629 g/mol. The number of benzene rings is 1. The van der Waals surface area contributed by atoms with E-state index in [1.54, 1.807) is 17.7 Å². The second-order valence-electron chi connectivity index (χ2n) is 17.8. The van der Waals surface area contributed by atoms with Crippen molar-refractivity contribution in [3.63, 3.8) is 0 Å². The van der Waals surface area contributed by atoms with E-state index in [2.05, 4.69) is 84.9 Å². The first-order chi connectivity index (χ1) is 21.5. The van der Waals surface area contributed by atoms with Crippen LogP contribution in [-0.2, 0) is 4.79 Å². The van der Waals surface area contributed by atoms with Gasteiger partial charge in [0.1, 0.15) is 0 Å². The summed E-state index contributed by atoms with van der Waals surface area (Å²) in [5.74, 6) is 2.02. The zero-order valence-corrected chi connectivity index (χ0v) is 30.1. The van der Waals surface area contributed by atoms with Gasteiger partial charge in [0.05, 0.1) is 11.0 Å². The summed E-state index contributed by atoms with van der Waals surface area (Å²) in [6.45, 7) is 19.2. The maximum absolute atomic E-state index is 14.2. The fourth-order valence-electron chi connectivity index (χ4n) is 12.3. The molecule has 5 aliphatic carbocycles. The molecule has 5 aliphatic rings. The van der Waals surface area contributed by atoms with Crippen molar-refractivity contribution in [3.05, 3.63) is 53.1 Å². The molecule has 5 heteroatoms. The highest BCUT2D eigenvalue weighted by Gasteiger charge is 2.69. The molecular formula is C41H60N2O3. The first-order valence-electron chi connectivity index (χ1n) is 18.2. The minimum atomic E-state index is -0.872. The van der Waals surface area contributed by atoms with Crippen LogP contribution in [0.4, 0.5) is 0 Å². The van der Waals surface area contributed by atoms with Gasteiger partial charge in [0.15, 0.2) is 0 Å². The Bertz CT molecular complexity index is 1440. The van der Waals surface area contributed by atoms with Gasteiger partial charge in [0.25, 0.3) is 0 Å². The Morgan fingerprint density at radius 3 is 2.26 bits per heavy atom. The van der Waals surface area contributed by atoms with Crippen molar-refractivity contribution in [1.82, 2.24) is 10.2 Å². The van der Waals surface area contributed by atoms with Gasteiger partial charge in [0, 0.05) is 13.1 Å². The normalized spacial score (nSPS) is 41.2. The van der Waals surface area contributed by atoms with E-state index in [9.17, 15) is 14.7 Å². The van der Waals surface area contributed by atoms with E-state index in [0.29, 0.717) is 41.1 Å². The van der Waals surface area contributed by atoms with Crippen LogP contribution in [0.15, 0.2) is 42.0 Å². The Morgan fingerprint density at radius 1 is 0.913 bits per heavy atom. The second-order valence-corrected chi connectivity index (χ2v) is 17.8. The van der Waals surface area contributed by atoms with Crippen LogP contribution in [0.3, 0.4) is 0 Å². The summed E-state index contributed by atoms with van der Waals surface area (Å²) in [5, 5.41) is 12.9. The minimum absolute atomic E-state index is 0.0103. The Hall–Kier alpha value is -2.40. The van der Waals surface area contributed by atoms with Crippen molar-refractivity contribution in [2.24, 2.45) is 56.7 Å². The molecule has 46 heavy (non-hydrogen) atoms. The Labute approximate surface area is 278 Å². The fourth-order valence-corrected chi connectivity index (χ4v) is 12.3. The Morgan fingerprint density at radius 2 is 1.61 bits per heavy atom. The standard InChI is InChI=1S/C41H60N2O3/c1-26-16-21-41(36(46)42-24-25-43(8)9)23-22-39(6)31(34(41)27(26)2)14-15-33-38(5)19-17-30(28-10-12-29(13-11-28)35(44)45)37(3,4)32(38)18-20-40(33,39)7/h10-14,17,26-27,32-34H,15-16,18-25H2,1-9H3,(H,42,46)(H,44,45)/t26-,27+,32-,33-,34+,38+,39-,40-,41+/m1/s1. The molecule has 0 heterocycles. The van der Waals surface area contributed by atoms with Crippen molar-refractivity contribution in [3.8, 4) is 0 Å². The highest BCUT2D eigenvalue weighted by molar-refractivity contribution is 5.88. The summed E-state index contributed by atoms with van der Waals surface area (Å²) >= 11 is 0. The van der Waals surface area contributed by atoms with E-state index in [1.165, 1.54) is 18.4 Å². The van der Waals surface area contributed by atoms with Crippen molar-refractivity contribution >= 4 is 17.4 Å². The number of nitrogens with one attached hydrogen (secondary N) is 1. The van der Waals surface area contributed by atoms with Gasteiger partial charge in [-0.25, -0.2) is 4.79 Å². The van der Waals surface area contributed by atoms with E-state index in [4.69, 9.17) is 0 Å². The monoisotopic (exact) mass is 628 g/mol. The number of rotatable bonds is 6. The summed E-state index contributed by atoms with van der Waals surface area (Å²) < 4.78 is 0. The second kappa shape index (κ2) is 11.3. The minimum Gasteiger partial charge on any atom is -0.478 e. The number of fused-ring (bicyclic) bond motifs is 7. The number of likely N-dealkylation sites (N-methyl/N-ethyl adjacent to an activating group) is 1. The molecule has 0 radical (unpaired) electrons. The van der Waals surface area contributed by atoms with Crippen LogP contribution in [-0.4, -0.2) is 49.1 Å². The Balaban J connectivity index is 1.36. The number of carbonyl (C=O) groups excluding carboxylic acids is 1. The molecular weight excluding hydrogens is 568 g/mol. The third-order valence-electron chi connectivity index (χ3n) is 15.3. The number of nitrogens with zero attached hydrogens (tertiary/aromatic N) is 1. The largest absolute Gasteiger partial charge is 0.478 e. The average Bonchev–Trinajstić information content (AvgIpc) is 2.99. The van der Waals surface area contributed by atoms with E-state index < -0.39 is 5.97 Å². The fraction of sp³-hybridized carbons (Fsp3) is 0.707. The molecule has 2 N–H and O–H groups in total. The van der Waals surface area contributed by atoms with Gasteiger partial charge in [-0.1, -0.05) is 78.3 Å². The van der Waals surface area contributed by atoms with Crippen LogP contribution in [0.2, 0.25) is 0 Å². The molecule has 0 saturated heterocycles. The molecule has 6 rings (SSSR count). The molecule has 0 aliphatic heterocycles. The lowest BCUT2D eigenvalue weighted by molar-refractivity contribution is -0.169. The van der Waals surface area contributed by atoms with Crippen molar-refractivity contribution < 1.29 is 14.7 Å². The number of hydrogen-bond acceptors (Lipinski definition) is 3. The number of amides is 1. The van der Waals surface area contributed by atoms with Crippen LogP contribution in [0.25, 0.3) is 5.57 Å². The molecule has 0 spiro atoms. The van der Waals surface area contributed by atoms with E-state index in [-0.39, 0.29) is 27.1 Å². The predicted molar refractivity (Wildman–Crippen MR) is 187 cm³/mol. The first kappa shape index (κ1) is 33.5. The zero-order chi connectivity index (χ0) is 33.4. The molecule has 252 valence electrons. The highest BCUT2D eigenvalue weighted by atomic mass is 16.4. The lowest BCUT2D eigenvalue weighted by Crippen LogP contribution is -2.65. The van der Waals surface area contributed by atoms with Crippen LogP contribution in [0, 0.1) is 56.7 Å². The summed E-state index contributed by atoms with van der Waals surface area (Å²) in [4.78, 5) is 27.9. The van der Waals surface area contributed by atoms with E-state index >= 15 is 0 Å². The number of carbonyl (C=O) groups is 2. The van der Waals surface area contributed by atoms with Gasteiger partial charge in [0.2, 0.25) is 5.91 Å². The van der Waals surface area contributed by atoms with Crippen molar-refractivity contribution in [2.75, 3.05) is 27.2 Å². The number of aromatic carboxylic acids is 1. The molecule has 1 amide bonds. The third kappa shape index (κ3) is 4.71. The molecule has 0 bridgehead atoms. The predicted octanol–water partition coefficient (Wildman–Crippen LogP) is 8.71. The zero-order valence-electron chi connectivity index (χ0n) is 30.1. The molecule has 9 atom stereocenters. The van der Waals surface area contributed by atoms with Gasteiger partial charge in [-0.15, -0.1) is 0 Å². The maximum atomic E-state index is 14.2. The van der Waals surface area contributed by atoms with Gasteiger partial charge < -0.3 is 15.3 Å². The van der Waals surface area contributed by atoms with E-state index in [1.807, 2.05) is 12.1 Å². The van der Waals surface area contributed by atoms with Crippen LogP contribution in [0.5, 0.6) is 0 Å². The van der Waals surface area contributed by atoms with Crippen LogP contribution < -0.4 is 5.32 Å². The van der Waals surface area contributed by atoms with Gasteiger partial charge in [-0.3, -0.25) is 4.79 Å². The Kier molecular flexibility index (Phi) is 8.26. The smallest absolute Gasteiger partial charge is 0.335 e. The maximum Gasteiger partial charge on any atom is 0.335 e. The molecule has 1 aromatic rings. The number of carboxylic acid groups (broad SMARTS) is 1. The first-order valence-corrected chi connectivity index (χ1v) is 18.2. The molecule has 0 unspecified atom stereocenters. The lowest BCUT2D eigenvalue weighted by atomic mass is 9.33. The van der Waals surface area contributed by atoms with Crippen molar-refractivity contribution in [2.45, 2.75) is 99.8 Å². The molecule has 1 aromatic carbocycles. The third-order valence-corrected chi connectivity index (χ3v) is 15.3. The molecule has 3 saturated carbocycles. The topological polar surface area (TPSA) is 69.6 Å². The van der Waals surface area contributed by atoms with Crippen LogP contribution >= 0.6 is 0 Å². The highest BCUT2D eigenvalue weighted by Crippen LogP contribution is 2.76. The number of allylic oxidation sites excluding steroid dienone is 4. The van der Waals surface area contributed by atoms with Gasteiger partial charge >= 0.3 is 5.97 Å². The summed E-state index contributed by atoms with van der Waals surface area (Å²) in [6.07, 6.45) is 14.0. The number of hydrogen-bond donors (Lipinski definition) is 2. The van der Waals surface area contributed by atoms with Gasteiger partial charge in [-0.05, 0) is 140 Å². The SMILES string of the molecule is C[C@H]1[C@H](C)CC[C@]2(C(=O)NCCN(C)C)CC[C@]3(C)C(=CC[C@@H]4[C@@]5(C)CC=C(c6ccc(C(=O)O)cc6)C(C)(C)[C@H]5CC[C@]43C)[C@H]12. The molecule has 0 aromatic heterocycles. The lowest BCUT2D eigenvalue weighted by Gasteiger charge is -2.71. The summed E-state index contributed by atoms with van der Waals surface area (Å²) in [6, 6.07) is 7.54. The quantitative estimate of drug-likeness (QED) is 0.309. The molecule has 5 nitrogen and oxygen atoms in total. The summed E-state index contributed by atoms with van der Waals surface area (Å²) in [5.41, 5.74) is 4.67. The van der Waals surface area contributed by atoms with E-state index in [0.717, 1.165) is 57.2 Å². The van der Waals surface area contributed by atoms with Crippen molar-refractivity contribution in [1.29, 1.82) is 0 Å².